The SMILES string of the molecule is Nc1ccc(CN2CCn3ccnc3C2)c(F)c1. The zero-order valence-electron chi connectivity index (χ0n) is 10.0. The largest absolute Gasteiger partial charge is 0.399 e. The molecule has 0 bridgehead atoms. The van der Waals surface area contributed by atoms with Gasteiger partial charge in [-0.1, -0.05) is 6.07 Å². The van der Waals surface area contributed by atoms with Crippen LogP contribution in [-0.4, -0.2) is 21.0 Å². The van der Waals surface area contributed by atoms with Gasteiger partial charge in [0.25, 0.3) is 0 Å². The van der Waals surface area contributed by atoms with Gasteiger partial charge in [-0.3, -0.25) is 4.90 Å². The van der Waals surface area contributed by atoms with Crippen molar-refractivity contribution in [1.82, 2.24) is 14.5 Å². The molecule has 0 atom stereocenters. The van der Waals surface area contributed by atoms with Crippen molar-refractivity contribution in [3.63, 3.8) is 0 Å². The first kappa shape index (κ1) is 11.2. The lowest BCUT2D eigenvalue weighted by Crippen LogP contribution is -2.33. The Hall–Kier alpha value is -1.88. The number of anilines is 1. The number of fused-ring (bicyclic) bond motifs is 1. The van der Waals surface area contributed by atoms with Crippen LogP contribution in [0.15, 0.2) is 30.6 Å². The molecule has 2 N–H and O–H groups in total. The first-order chi connectivity index (χ1) is 8.72. The van der Waals surface area contributed by atoms with E-state index in [-0.39, 0.29) is 5.82 Å². The average molecular weight is 246 g/mol. The molecule has 18 heavy (non-hydrogen) atoms. The molecule has 4 nitrogen and oxygen atoms in total. The number of nitrogen functional groups attached to an aromatic ring is 1. The summed E-state index contributed by atoms with van der Waals surface area (Å²) in [6.07, 6.45) is 3.79. The molecular formula is C13H15FN4. The van der Waals surface area contributed by atoms with Gasteiger partial charge in [0.2, 0.25) is 0 Å². The number of halogens is 1. The van der Waals surface area contributed by atoms with Gasteiger partial charge >= 0.3 is 0 Å². The molecule has 0 unspecified atom stereocenters. The zero-order chi connectivity index (χ0) is 12.5. The molecule has 0 saturated carbocycles. The lowest BCUT2D eigenvalue weighted by atomic mass is 10.1. The Labute approximate surface area is 105 Å². The fourth-order valence-electron chi connectivity index (χ4n) is 2.29. The lowest BCUT2D eigenvalue weighted by Gasteiger charge is -2.27. The van der Waals surface area contributed by atoms with Crippen molar-refractivity contribution in [3.05, 3.63) is 47.8 Å². The third-order valence-corrected chi connectivity index (χ3v) is 3.29. The van der Waals surface area contributed by atoms with E-state index in [4.69, 9.17) is 5.73 Å². The van der Waals surface area contributed by atoms with Crippen molar-refractivity contribution in [1.29, 1.82) is 0 Å². The second-order valence-electron chi connectivity index (χ2n) is 4.60. The van der Waals surface area contributed by atoms with E-state index in [0.717, 1.165) is 25.5 Å². The molecule has 1 aliphatic heterocycles. The van der Waals surface area contributed by atoms with Gasteiger partial charge in [0.15, 0.2) is 0 Å². The minimum Gasteiger partial charge on any atom is -0.399 e. The third-order valence-electron chi connectivity index (χ3n) is 3.29. The minimum absolute atomic E-state index is 0.232. The topological polar surface area (TPSA) is 47.1 Å². The average Bonchev–Trinajstić information content (AvgIpc) is 2.80. The maximum Gasteiger partial charge on any atom is 0.129 e. The Morgan fingerprint density at radius 3 is 3.06 bits per heavy atom. The molecule has 2 heterocycles. The summed E-state index contributed by atoms with van der Waals surface area (Å²) in [5, 5.41) is 0. The van der Waals surface area contributed by atoms with Crippen LogP contribution in [0.3, 0.4) is 0 Å². The highest BCUT2D eigenvalue weighted by Gasteiger charge is 2.17. The molecule has 2 aromatic rings. The standard InChI is InChI=1S/C13H15FN4/c14-12-7-11(15)2-1-10(12)8-17-5-6-18-4-3-16-13(18)9-17/h1-4,7H,5-6,8-9,15H2. The molecule has 5 heteroatoms. The second kappa shape index (κ2) is 4.42. The van der Waals surface area contributed by atoms with Crippen molar-refractivity contribution < 1.29 is 4.39 Å². The van der Waals surface area contributed by atoms with Gasteiger partial charge in [0.1, 0.15) is 11.6 Å². The number of nitrogens with zero attached hydrogens (tertiary/aromatic N) is 3. The lowest BCUT2D eigenvalue weighted by molar-refractivity contribution is 0.206. The number of benzene rings is 1. The summed E-state index contributed by atoms with van der Waals surface area (Å²) >= 11 is 0. The smallest absolute Gasteiger partial charge is 0.129 e. The van der Waals surface area contributed by atoms with E-state index in [0.29, 0.717) is 17.8 Å². The van der Waals surface area contributed by atoms with E-state index in [2.05, 4.69) is 14.5 Å². The van der Waals surface area contributed by atoms with Crippen LogP contribution < -0.4 is 5.73 Å². The van der Waals surface area contributed by atoms with Crippen molar-refractivity contribution in [3.8, 4) is 0 Å². The van der Waals surface area contributed by atoms with Crippen LogP contribution in [0.2, 0.25) is 0 Å². The molecule has 0 saturated heterocycles. The first-order valence-corrected chi connectivity index (χ1v) is 5.98. The number of imidazole rings is 1. The van der Waals surface area contributed by atoms with Gasteiger partial charge in [-0.25, -0.2) is 9.37 Å². The normalized spacial score (nSPS) is 15.6. The Bertz CT molecular complexity index is 564. The van der Waals surface area contributed by atoms with Crippen LogP contribution in [0.4, 0.5) is 10.1 Å². The van der Waals surface area contributed by atoms with Crippen LogP contribution in [0.1, 0.15) is 11.4 Å². The predicted octanol–water partition coefficient (Wildman–Crippen LogP) is 1.62. The van der Waals surface area contributed by atoms with Crippen molar-refractivity contribution in [2.75, 3.05) is 12.3 Å². The maximum atomic E-state index is 13.7. The Morgan fingerprint density at radius 1 is 1.33 bits per heavy atom. The van der Waals surface area contributed by atoms with Crippen LogP contribution in [0, 0.1) is 5.82 Å². The van der Waals surface area contributed by atoms with Gasteiger partial charge in [-0.05, 0) is 12.1 Å². The summed E-state index contributed by atoms with van der Waals surface area (Å²) in [5.74, 6) is 0.806. The number of nitrogens with two attached hydrogens (primary N) is 1. The quantitative estimate of drug-likeness (QED) is 0.819. The first-order valence-electron chi connectivity index (χ1n) is 5.98. The zero-order valence-corrected chi connectivity index (χ0v) is 10.0. The van der Waals surface area contributed by atoms with E-state index in [1.54, 1.807) is 12.1 Å². The molecule has 1 aliphatic rings. The number of rotatable bonds is 2. The Balaban J connectivity index is 1.74. The highest BCUT2D eigenvalue weighted by molar-refractivity contribution is 5.40. The van der Waals surface area contributed by atoms with Crippen LogP contribution in [-0.2, 0) is 19.6 Å². The summed E-state index contributed by atoms with van der Waals surface area (Å²) in [4.78, 5) is 6.48. The van der Waals surface area contributed by atoms with Crippen LogP contribution in [0.25, 0.3) is 0 Å². The van der Waals surface area contributed by atoms with Crippen molar-refractivity contribution >= 4 is 5.69 Å². The molecule has 94 valence electrons. The van der Waals surface area contributed by atoms with Gasteiger partial charge < -0.3 is 10.3 Å². The second-order valence-corrected chi connectivity index (χ2v) is 4.60. The monoisotopic (exact) mass is 246 g/mol. The summed E-state index contributed by atoms with van der Waals surface area (Å²) in [6.45, 7) is 3.18. The molecule has 0 spiro atoms. The van der Waals surface area contributed by atoms with Crippen molar-refractivity contribution in [2.45, 2.75) is 19.6 Å². The van der Waals surface area contributed by atoms with Gasteiger partial charge in [-0.2, -0.15) is 0 Å². The summed E-state index contributed by atoms with van der Waals surface area (Å²) < 4.78 is 15.8. The maximum absolute atomic E-state index is 13.7. The minimum atomic E-state index is -0.232. The van der Waals surface area contributed by atoms with Crippen LogP contribution in [0.5, 0.6) is 0 Å². The molecule has 0 aliphatic carbocycles. The number of hydrogen-bond acceptors (Lipinski definition) is 3. The van der Waals surface area contributed by atoms with E-state index >= 15 is 0 Å². The van der Waals surface area contributed by atoms with Crippen molar-refractivity contribution in [2.24, 2.45) is 0 Å². The molecule has 3 rings (SSSR count). The highest BCUT2D eigenvalue weighted by atomic mass is 19.1. The van der Waals surface area contributed by atoms with Gasteiger partial charge in [0.05, 0.1) is 6.54 Å². The van der Waals surface area contributed by atoms with E-state index in [9.17, 15) is 4.39 Å². The summed E-state index contributed by atoms with van der Waals surface area (Å²) in [5.41, 5.74) is 6.69. The summed E-state index contributed by atoms with van der Waals surface area (Å²) in [7, 11) is 0. The van der Waals surface area contributed by atoms with E-state index < -0.39 is 0 Å². The molecule has 0 amide bonds. The highest BCUT2D eigenvalue weighted by Crippen LogP contribution is 2.17. The molecule has 1 aromatic heterocycles. The van der Waals surface area contributed by atoms with E-state index in [1.165, 1.54) is 6.07 Å². The molecular weight excluding hydrogens is 231 g/mol. The molecule has 1 aromatic carbocycles. The van der Waals surface area contributed by atoms with Gasteiger partial charge in [-0.15, -0.1) is 0 Å². The predicted molar refractivity (Wildman–Crippen MR) is 67.2 cm³/mol. The molecule has 0 radical (unpaired) electrons. The fourth-order valence-corrected chi connectivity index (χ4v) is 2.29. The van der Waals surface area contributed by atoms with Crippen LogP contribution >= 0.6 is 0 Å². The fraction of sp³-hybridized carbons (Fsp3) is 0.308. The number of aromatic nitrogens is 2. The van der Waals surface area contributed by atoms with Gasteiger partial charge in [0, 0.05) is 43.3 Å². The Kier molecular flexibility index (Phi) is 2.76. The van der Waals surface area contributed by atoms with E-state index in [1.807, 2.05) is 12.4 Å². The number of hydrogen-bond donors (Lipinski definition) is 1. The summed E-state index contributed by atoms with van der Waals surface area (Å²) in [6, 6.07) is 4.87. The third kappa shape index (κ3) is 2.09. The molecule has 0 fully saturated rings. The Morgan fingerprint density at radius 2 is 2.22 bits per heavy atom.